The van der Waals surface area contributed by atoms with Crippen LogP contribution in [0.2, 0.25) is 5.02 Å². The molecule has 31 heavy (non-hydrogen) atoms. The van der Waals surface area contributed by atoms with Crippen LogP contribution in [0.4, 0.5) is 0 Å². The summed E-state index contributed by atoms with van der Waals surface area (Å²) < 4.78 is 30.1. The topological polar surface area (TPSA) is 101 Å². The first-order valence-corrected chi connectivity index (χ1v) is 13.3. The third kappa shape index (κ3) is 5.43. The van der Waals surface area contributed by atoms with Gasteiger partial charge in [-0.05, 0) is 49.3 Å². The highest BCUT2D eigenvalue weighted by molar-refractivity contribution is 9.10. The molecule has 1 unspecified atom stereocenters. The lowest BCUT2D eigenvalue weighted by Gasteiger charge is -2.35. The van der Waals surface area contributed by atoms with Crippen molar-refractivity contribution >= 4 is 43.3 Å². The number of amides is 1. The second-order valence-electron chi connectivity index (χ2n) is 8.01. The van der Waals surface area contributed by atoms with Crippen molar-refractivity contribution in [2.75, 3.05) is 19.9 Å². The van der Waals surface area contributed by atoms with Gasteiger partial charge in [0, 0.05) is 22.8 Å². The van der Waals surface area contributed by atoms with Crippen LogP contribution in [0.25, 0.3) is 11.3 Å². The predicted molar refractivity (Wildman–Crippen MR) is 125 cm³/mol. The molecular weight excluding hydrogens is 506 g/mol. The Balaban J connectivity index is 1.70. The first-order valence-electron chi connectivity index (χ1n) is 10.2. The van der Waals surface area contributed by atoms with Gasteiger partial charge < -0.3 is 10.1 Å². The number of nitrogens with one attached hydrogen (secondary N) is 2. The molecule has 10 heteroatoms. The lowest BCUT2D eigenvalue weighted by molar-refractivity contribution is 0.0929. The molecule has 1 aliphatic carbocycles. The van der Waals surface area contributed by atoms with E-state index in [0.29, 0.717) is 36.4 Å². The van der Waals surface area contributed by atoms with Gasteiger partial charge in [-0.15, -0.1) is 0 Å². The minimum atomic E-state index is -3.04. The highest BCUT2D eigenvalue weighted by Crippen LogP contribution is 2.37. The number of methoxy groups -OCH3 is 1. The number of aromatic amines is 1. The number of H-pyrrole nitrogens is 1. The molecule has 1 fully saturated rings. The van der Waals surface area contributed by atoms with E-state index in [1.54, 1.807) is 13.2 Å². The molecule has 170 valence electrons. The summed E-state index contributed by atoms with van der Waals surface area (Å²) in [5.41, 5.74) is 1.31. The number of benzene rings is 1. The average molecular weight is 533 g/mol. The first kappa shape index (κ1) is 24.1. The normalized spacial score (nSPS) is 21.6. The summed E-state index contributed by atoms with van der Waals surface area (Å²) in [7, 11) is -1.48. The summed E-state index contributed by atoms with van der Waals surface area (Å²) in [5, 5.41) is 9.86. The van der Waals surface area contributed by atoms with Gasteiger partial charge in [0.2, 0.25) is 0 Å². The lowest BCUT2D eigenvalue weighted by Crippen LogP contribution is -2.39. The van der Waals surface area contributed by atoms with E-state index < -0.39 is 9.84 Å². The van der Waals surface area contributed by atoms with E-state index in [2.05, 4.69) is 38.4 Å². The van der Waals surface area contributed by atoms with Crippen LogP contribution < -0.4 is 10.1 Å². The fourth-order valence-corrected chi connectivity index (χ4v) is 6.04. The molecule has 1 heterocycles. The first-order chi connectivity index (χ1) is 14.7. The number of carbonyl (C=O) groups is 1. The number of hydrogen-bond donors (Lipinski definition) is 2. The lowest BCUT2D eigenvalue weighted by atomic mass is 9.77. The molecule has 0 bridgehead atoms. The highest BCUT2D eigenvalue weighted by Gasteiger charge is 2.34. The molecule has 2 aromatic rings. The van der Waals surface area contributed by atoms with Crippen molar-refractivity contribution in [3.05, 3.63) is 33.4 Å². The summed E-state index contributed by atoms with van der Waals surface area (Å²) in [4.78, 5) is 12.8. The number of ether oxygens (including phenoxy) is 1. The number of rotatable bonds is 7. The average Bonchev–Trinajstić information content (AvgIpc) is 3.12. The predicted octanol–water partition coefficient (Wildman–Crippen LogP) is 4.47. The van der Waals surface area contributed by atoms with Gasteiger partial charge in [0.05, 0.1) is 17.4 Å². The van der Waals surface area contributed by atoms with E-state index in [9.17, 15) is 13.2 Å². The summed E-state index contributed by atoms with van der Waals surface area (Å²) in [6.45, 7) is 2.54. The van der Waals surface area contributed by atoms with Gasteiger partial charge >= 0.3 is 0 Å². The van der Waals surface area contributed by atoms with Crippen molar-refractivity contribution in [3.8, 4) is 17.0 Å². The largest absolute Gasteiger partial charge is 0.496 e. The molecule has 1 aromatic heterocycles. The Morgan fingerprint density at radius 3 is 2.74 bits per heavy atom. The second-order valence-corrected chi connectivity index (χ2v) is 11.6. The maximum Gasteiger partial charge on any atom is 0.270 e. The number of aromatic nitrogens is 2. The van der Waals surface area contributed by atoms with Gasteiger partial charge in [-0.2, -0.15) is 5.10 Å². The standard InChI is InChI=1S/C21H27BrClN3O4S/c1-4-12-9-15(31(3,28)29)7-5-13(12)11-24-21(27)20-18(23)19(25-26-20)16-8-6-14(22)10-17(16)30-2/h6,8,10,12-13,15H,4-5,7,9,11H2,1-3H3,(H,24,27)(H,25,26)/t12?,13-,15+/m0/s1. The van der Waals surface area contributed by atoms with Gasteiger partial charge in [-0.1, -0.05) is 40.9 Å². The molecule has 1 aromatic carbocycles. The van der Waals surface area contributed by atoms with E-state index in [1.165, 1.54) is 6.26 Å². The van der Waals surface area contributed by atoms with Crippen LogP contribution in [-0.4, -0.2) is 49.7 Å². The van der Waals surface area contributed by atoms with Gasteiger partial charge in [0.25, 0.3) is 5.91 Å². The van der Waals surface area contributed by atoms with Crippen molar-refractivity contribution in [2.45, 2.75) is 37.9 Å². The van der Waals surface area contributed by atoms with E-state index in [-0.39, 0.29) is 33.7 Å². The Morgan fingerprint density at radius 1 is 1.35 bits per heavy atom. The Hall–Kier alpha value is -1.58. The molecule has 3 atom stereocenters. The zero-order valence-corrected chi connectivity index (χ0v) is 20.9. The number of sulfone groups is 1. The Labute approximate surface area is 196 Å². The zero-order chi connectivity index (χ0) is 22.8. The summed E-state index contributed by atoms with van der Waals surface area (Å²) in [6.07, 6.45) is 4.24. The molecule has 2 N–H and O–H groups in total. The van der Waals surface area contributed by atoms with Crippen LogP contribution >= 0.6 is 27.5 Å². The van der Waals surface area contributed by atoms with Crippen molar-refractivity contribution in [2.24, 2.45) is 11.8 Å². The minimum Gasteiger partial charge on any atom is -0.496 e. The number of halogens is 2. The Kier molecular flexibility index (Phi) is 7.70. The molecule has 1 amide bonds. The summed E-state index contributed by atoms with van der Waals surface area (Å²) >= 11 is 9.88. The molecule has 0 aliphatic heterocycles. The van der Waals surface area contributed by atoms with Crippen molar-refractivity contribution in [1.82, 2.24) is 15.5 Å². The van der Waals surface area contributed by atoms with Crippen LogP contribution in [0.1, 0.15) is 43.1 Å². The second kappa shape index (κ2) is 9.92. The van der Waals surface area contributed by atoms with Crippen LogP contribution in [0, 0.1) is 11.8 Å². The quantitative estimate of drug-likeness (QED) is 0.548. The number of nitrogens with zero attached hydrogens (tertiary/aromatic N) is 1. The number of carbonyl (C=O) groups excluding carboxylic acids is 1. The Bertz CT molecular complexity index is 1060. The molecule has 0 spiro atoms. The van der Waals surface area contributed by atoms with E-state index >= 15 is 0 Å². The van der Waals surface area contributed by atoms with Crippen molar-refractivity contribution in [1.29, 1.82) is 0 Å². The Morgan fingerprint density at radius 2 is 2.10 bits per heavy atom. The zero-order valence-electron chi connectivity index (χ0n) is 17.7. The molecule has 0 saturated heterocycles. The molecule has 1 aliphatic rings. The summed E-state index contributed by atoms with van der Waals surface area (Å²) in [6, 6.07) is 5.47. The maximum atomic E-state index is 12.8. The van der Waals surface area contributed by atoms with Gasteiger partial charge in [0.1, 0.15) is 27.0 Å². The fourth-order valence-electron chi connectivity index (χ4n) is 4.27. The molecule has 1 saturated carbocycles. The van der Waals surface area contributed by atoms with Crippen LogP contribution in [0.5, 0.6) is 5.75 Å². The maximum absolute atomic E-state index is 12.8. The van der Waals surface area contributed by atoms with Crippen LogP contribution in [-0.2, 0) is 9.84 Å². The van der Waals surface area contributed by atoms with Gasteiger partial charge in [-0.25, -0.2) is 8.42 Å². The summed E-state index contributed by atoms with van der Waals surface area (Å²) in [5.74, 6) is 0.747. The minimum absolute atomic E-state index is 0.194. The third-order valence-electron chi connectivity index (χ3n) is 6.10. The molecule has 0 radical (unpaired) electrons. The molecular formula is C21H27BrClN3O4S. The van der Waals surface area contributed by atoms with Crippen molar-refractivity contribution < 1.29 is 17.9 Å². The highest BCUT2D eigenvalue weighted by atomic mass is 79.9. The van der Waals surface area contributed by atoms with E-state index in [4.69, 9.17) is 16.3 Å². The smallest absolute Gasteiger partial charge is 0.270 e. The van der Waals surface area contributed by atoms with E-state index in [1.807, 2.05) is 12.1 Å². The van der Waals surface area contributed by atoms with Crippen LogP contribution in [0.15, 0.2) is 22.7 Å². The fraction of sp³-hybridized carbons (Fsp3) is 0.524. The SMILES string of the molecule is CCC1C[C@H](S(C)(=O)=O)CC[C@H]1CNC(=O)c1[nH]nc(-c2ccc(Br)cc2OC)c1Cl. The number of hydrogen-bond acceptors (Lipinski definition) is 5. The van der Waals surface area contributed by atoms with Crippen molar-refractivity contribution in [3.63, 3.8) is 0 Å². The molecule has 3 rings (SSSR count). The molecule has 7 nitrogen and oxygen atoms in total. The van der Waals surface area contributed by atoms with Crippen LogP contribution in [0.3, 0.4) is 0 Å². The van der Waals surface area contributed by atoms with Gasteiger partial charge in [-0.3, -0.25) is 9.89 Å². The van der Waals surface area contributed by atoms with E-state index in [0.717, 1.165) is 17.3 Å². The third-order valence-corrected chi connectivity index (χ3v) is 8.60. The monoisotopic (exact) mass is 531 g/mol. The van der Waals surface area contributed by atoms with Gasteiger partial charge in [0.15, 0.2) is 0 Å².